The Balaban J connectivity index is 1.86. The molecule has 1 aliphatic rings. The van der Waals surface area contributed by atoms with Gasteiger partial charge in [0.25, 0.3) is 0 Å². The van der Waals surface area contributed by atoms with Gasteiger partial charge in [-0.2, -0.15) is 0 Å². The number of benzene rings is 1. The van der Waals surface area contributed by atoms with Gasteiger partial charge in [-0.1, -0.05) is 15.9 Å². The highest BCUT2D eigenvalue weighted by Gasteiger charge is 2.24. The Labute approximate surface area is 137 Å². The predicted octanol–water partition coefficient (Wildman–Crippen LogP) is 2.58. The summed E-state index contributed by atoms with van der Waals surface area (Å²) < 4.78 is 38.2. The summed E-state index contributed by atoms with van der Waals surface area (Å²) in [5.41, 5.74) is 0. The van der Waals surface area contributed by atoms with Crippen LogP contribution in [0.2, 0.25) is 0 Å². The van der Waals surface area contributed by atoms with E-state index in [9.17, 15) is 13.9 Å². The van der Waals surface area contributed by atoms with Gasteiger partial charge >= 0.3 is 0 Å². The summed E-state index contributed by atoms with van der Waals surface area (Å²) in [6.45, 7) is 5.56. The lowest BCUT2D eigenvalue weighted by Gasteiger charge is -2.36. The summed E-state index contributed by atoms with van der Waals surface area (Å²) in [7, 11) is 0. The van der Waals surface area contributed by atoms with Crippen molar-refractivity contribution in [3.8, 4) is 5.75 Å². The molecule has 4 nitrogen and oxygen atoms in total. The van der Waals surface area contributed by atoms with E-state index in [1.165, 1.54) is 0 Å². The molecule has 1 aliphatic heterocycles. The van der Waals surface area contributed by atoms with E-state index in [4.69, 9.17) is 9.47 Å². The van der Waals surface area contributed by atoms with E-state index in [0.29, 0.717) is 24.1 Å². The van der Waals surface area contributed by atoms with Crippen LogP contribution in [0.25, 0.3) is 0 Å². The minimum atomic E-state index is -0.833. The smallest absolute Gasteiger partial charge is 0.190 e. The summed E-state index contributed by atoms with van der Waals surface area (Å²) in [5, 5.41) is 10.0. The van der Waals surface area contributed by atoms with Gasteiger partial charge in [0.05, 0.1) is 12.2 Å². The van der Waals surface area contributed by atoms with Crippen LogP contribution in [0.1, 0.15) is 13.8 Å². The van der Waals surface area contributed by atoms with Crippen molar-refractivity contribution in [3.63, 3.8) is 0 Å². The van der Waals surface area contributed by atoms with Crippen molar-refractivity contribution in [2.45, 2.75) is 32.2 Å². The number of hydrogen-bond donors (Lipinski definition) is 1. The van der Waals surface area contributed by atoms with E-state index in [0.717, 1.165) is 12.1 Å². The first-order chi connectivity index (χ1) is 10.3. The first-order valence-corrected chi connectivity index (χ1v) is 7.97. The lowest BCUT2D eigenvalue weighted by molar-refractivity contribution is -0.0787. The lowest BCUT2D eigenvalue weighted by atomic mass is 10.2. The zero-order valence-corrected chi connectivity index (χ0v) is 14.1. The molecule has 0 saturated carbocycles. The van der Waals surface area contributed by atoms with E-state index >= 15 is 0 Å². The van der Waals surface area contributed by atoms with Gasteiger partial charge in [0, 0.05) is 24.1 Å². The molecule has 22 heavy (non-hydrogen) atoms. The molecule has 1 fully saturated rings. The Bertz CT molecular complexity index is 485. The molecule has 0 spiro atoms. The quantitative estimate of drug-likeness (QED) is 0.853. The van der Waals surface area contributed by atoms with Gasteiger partial charge in [-0.15, -0.1) is 0 Å². The van der Waals surface area contributed by atoms with Crippen molar-refractivity contribution < 1.29 is 23.4 Å². The fraction of sp³-hybridized carbons (Fsp3) is 0.600. The Morgan fingerprint density at radius 2 is 1.86 bits per heavy atom. The van der Waals surface area contributed by atoms with Crippen molar-refractivity contribution in [2.75, 3.05) is 26.2 Å². The summed E-state index contributed by atoms with van der Waals surface area (Å²) in [4.78, 5) is 2.06. The Hall–Kier alpha value is -0.760. The van der Waals surface area contributed by atoms with E-state index < -0.39 is 23.5 Å². The molecule has 0 bridgehead atoms. The zero-order valence-electron chi connectivity index (χ0n) is 12.6. The number of β-amino-alcohol motifs (C(OH)–C–C–N with tert-alkyl or cyclic N) is 1. The van der Waals surface area contributed by atoms with Gasteiger partial charge < -0.3 is 14.6 Å². The standard InChI is InChI=1S/C15H20BrF2NO3/c1-9-5-19(6-10(2)22-9)7-12(20)8-21-15-13(17)3-11(16)4-14(15)18/h3-4,9-10,12,20H,5-8H2,1-2H3. The van der Waals surface area contributed by atoms with Crippen molar-refractivity contribution in [3.05, 3.63) is 28.2 Å². The van der Waals surface area contributed by atoms with Crippen molar-refractivity contribution in [1.29, 1.82) is 0 Å². The molecule has 3 atom stereocenters. The Morgan fingerprint density at radius 1 is 1.32 bits per heavy atom. The second kappa shape index (κ2) is 7.68. The zero-order chi connectivity index (χ0) is 16.3. The molecule has 2 rings (SSSR count). The summed E-state index contributed by atoms with van der Waals surface area (Å²) in [6, 6.07) is 2.24. The molecule has 1 N–H and O–H groups in total. The third-order valence-electron chi connectivity index (χ3n) is 3.35. The monoisotopic (exact) mass is 379 g/mol. The van der Waals surface area contributed by atoms with Crippen molar-refractivity contribution in [2.24, 2.45) is 0 Å². The number of morpholine rings is 1. The van der Waals surface area contributed by atoms with Gasteiger partial charge in [0.1, 0.15) is 12.7 Å². The second-order valence-electron chi connectivity index (χ2n) is 5.64. The van der Waals surface area contributed by atoms with Crippen LogP contribution in [0.3, 0.4) is 0 Å². The van der Waals surface area contributed by atoms with E-state index in [-0.39, 0.29) is 18.8 Å². The summed E-state index contributed by atoms with van der Waals surface area (Å²) in [6.07, 6.45) is -0.642. The van der Waals surface area contributed by atoms with Crippen LogP contribution in [0.4, 0.5) is 8.78 Å². The van der Waals surface area contributed by atoms with Crippen LogP contribution in [0, 0.1) is 11.6 Å². The number of aliphatic hydroxyl groups excluding tert-OH is 1. The molecule has 0 aromatic heterocycles. The molecule has 1 aromatic carbocycles. The molecule has 1 heterocycles. The largest absolute Gasteiger partial charge is 0.485 e. The summed E-state index contributed by atoms with van der Waals surface area (Å²) in [5.74, 6) is -2.06. The van der Waals surface area contributed by atoms with Gasteiger partial charge in [0.2, 0.25) is 0 Å². The molecule has 3 unspecified atom stereocenters. The Kier molecular flexibility index (Phi) is 6.14. The number of halogens is 3. The van der Waals surface area contributed by atoms with Crippen molar-refractivity contribution in [1.82, 2.24) is 4.90 Å². The minimum absolute atomic E-state index is 0.0956. The molecule has 0 radical (unpaired) electrons. The average molecular weight is 380 g/mol. The highest BCUT2D eigenvalue weighted by molar-refractivity contribution is 9.10. The van der Waals surface area contributed by atoms with Crippen LogP contribution in [0.15, 0.2) is 16.6 Å². The first kappa shape index (κ1) is 17.6. The number of nitrogens with zero attached hydrogens (tertiary/aromatic N) is 1. The van der Waals surface area contributed by atoms with Crippen LogP contribution in [-0.4, -0.2) is 54.6 Å². The normalized spacial score (nSPS) is 24.3. The third kappa shape index (κ3) is 4.87. The molecule has 124 valence electrons. The third-order valence-corrected chi connectivity index (χ3v) is 3.81. The van der Waals surface area contributed by atoms with Crippen LogP contribution < -0.4 is 4.74 Å². The molecule has 1 saturated heterocycles. The van der Waals surface area contributed by atoms with Gasteiger partial charge in [-0.05, 0) is 26.0 Å². The number of rotatable bonds is 5. The van der Waals surface area contributed by atoms with Gasteiger partial charge in [0.15, 0.2) is 17.4 Å². The number of aliphatic hydroxyl groups is 1. The number of hydrogen-bond acceptors (Lipinski definition) is 4. The highest BCUT2D eigenvalue weighted by atomic mass is 79.9. The first-order valence-electron chi connectivity index (χ1n) is 7.18. The average Bonchev–Trinajstić information content (AvgIpc) is 2.35. The van der Waals surface area contributed by atoms with E-state index in [1.54, 1.807) is 0 Å². The van der Waals surface area contributed by atoms with Crippen LogP contribution in [-0.2, 0) is 4.74 Å². The van der Waals surface area contributed by atoms with Gasteiger partial charge in [-0.3, -0.25) is 4.90 Å². The highest BCUT2D eigenvalue weighted by Crippen LogP contribution is 2.26. The maximum Gasteiger partial charge on any atom is 0.190 e. The predicted molar refractivity (Wildman–Crippen MR) is 82.0 cm³/mol. The fourth-order valence-corrected chi connectivity index (χ4v) is 3.03. The lowest BCUT2D eigenvalue weighted by Crippen LogP contribution is -2.48. The molecule has 1 aromatic rings. The molecule has 7 heteroatoms. The Morgan fingerprint density at radius 3 is 2.41 bits per heavy atom. The fourth-order valence-electron chi connectivity index (χ4n) is 2.63. The van der Waals surface area contributed by atoms with Crippen LogP contribution >= 0.6 is 15.9 Å². The molecule has 0 amide bonds. The number of ether oxygens (including phenoxy) is 2. The van der Waals surface area contributed by atoms with E-state index in [1.807, 2.05) is 13.8 Å². The summed E-state index contributed by atoms with van der Waals surface area (Å²) >= 11 is 3.00. The molecule has 0 aliphatic carbocycles. The minimum Gasteiger partial charge on any atom is -0.485 e. The molecular weight excluding hydrogens is 360 g/mol. The maximum atomic E-state index is 13.6. The maximum absolute atomic E-state index is 13.6. The second-order valence-corrected chi connectivity index (χ2v) is 6.55. The molecular formula is C15H20BrF2NO3. The van der Waals surface area contributed by atoms with Crippen LogP contribution in [0.5, 0.6) is 5.75 Å². The SMILES string of the molecule is CC1CN(CC(O)COc2c(F)cc(Br)cc2F)CC(C)O1. The van der Waals surface area contributed by atoms with E-state index in [2.05, 4.69) is 20.8 Å². The van der Waals surface area contributed by atoms with Crippen molar-refractivity contribution >= 4 is 15.9 Å². The van der Waals surface area contributed by atoms with Gasteiger partial charge in [-0.25, -0.2) is 8.78 Å². The topological polar surface area (TPSA) is 41.9 Å².